The molecule has 6 heteroatoms. The van der Waals surface area contributed by atoms with Crippen LogP contribution in [0.3, 0.4) is 0 Å². The first kappa shape index (κ1) is 17.4. The lowest BCUT2D eigenvalue weighted by Crippen LogP contribution is -2.17. The molecule has 1 amide bonds. The molecule has 0 saturated heterocycles. The quantitative estimate of drug-likeness (QED) is 0.702. The predicted molar refractivity (Wildman–Crippen MR) is 98.5 cm³/mol. The lowest BCUT2D eigenvalue weighted by molar-refractivity contribution is 0.101. The summed E-state index contributed by atoms with van der Waals surface area (Å²) in [5, 5.41) is 5.19. The Morgan fingerprint density at radius 2 is 2.16 bits per heavy atom. The number of nitrogens with one attached hydrogen (secondary N) is 1. The van der Waals surface area contributed by atoms with Crippen LogP contribution in [0.25, 0.3) is 0 Å². The highest BCUT2D eigenvalue weighted by Gasteiger charge is 2.16. The molecule has 0 aliphatic heterocycles. The molecule has 0 aliphatic carbocycles. The normalized spacial score (nSPS) is 11.0. The summed E-state index contributed by atoms with van der Waals surface area (Å²) in [5.41, 5.74) is 2.46. The monoisotopic (exact) mass is 357 g/mol. The van der Waals surface area contributed by atoms with Gasteiger partial charge in [-0.3, -0.25) is 10.1 Å². The Morgan fingerprint density at radius 3 is 2.84 bits per heavy atom. The van der Waals surface area contributed by atoms with Crippen molar-refractivity contribution < 1.29 is 9.18 Å². The van der Waals surface area contributed by atoms with E-state index in [9.17, 15) is 9.18 Å². The van der Waals surface area contributed by atoms with E-state index < -0.39 is 0 Å². The molecule has 1 aromatic carbocycles. The number of hydrogen-bond acceptors (Lipinski definition) is 3. The summed E-state index contributed by atoms with van der Waals surface area (Å²) in [5.74, 6) is 0.00194. The van der Waals surface area contributed by atoms with E-state index in [1.807, 2.05) is 28.3 Å². The molecule has 2 aromatic heterocycles. The van der Waals surface area contributed by atoms with Gasteiger partial charge in [-0.1, -0.05) is 26.0 Å². The molecule has 0 radical (unpaired) electrons. The second kappa shape index (κ2) is 7.61. The van der Waals surface area contributed by atoms with Gasteiger partial charge in [0.15, 0.2) is 5.13 Å². The van der Waals surface area contributed by atoms with Gasteiger partial charge in [0.05, 0.1) is 0 Å². The van der Waals surface area contributed by atoms with Crippen molar-refractivity contribution in [1.29, 1.82) is 0 Å². The van der Waals surface area contributed by atoms with Crippen molar-refractivity contribution in [3.63, 3.8) is 0 Å². The lowest BCUT2D eigenvalue weighted by Gasteiger charge is -2.09. The first-order valence-corrected chi connectivity index (χ1v) is 9.03. The number of carbonyl (C=O) groups excluding carboxylic acids is 1. The van der Waals surface area contributed by atoms with Gasteiger partial charge >= 0.3 is 0 Å². The van der Waals surface area contributed by atoms with Crippen molar-refractivity contribution in [1.82, 2.24) is 9.55 Å². The predicted octanol–water partition coefficient (Wildman–Crippen LogP) is 4.58. The molecule has 0 aliphatic rings. The smallest absolute Gasteiger partial charge is 0.274 e. The number of amides is 1. The molecule has 0 atom stereocenters. The number of halogens is 1. The molecule has 0 fully saturated rings. The molecule has 3 aromatic rings. The fourth-order valence-corrected chi connectivity index (χ4v) is 3.28. The minimum absolute atomic E-state index is 0.207. The maximum atomic E-state index is 13.5. The Balaban J connectivity index is 1.88. The van der Waals surface area contributed by atoms with Gasteiger partial charge in [0.1, 0.15) is 11.5 Å². The third-order valence-electron chi connectivity index (χ3n) is 3.72. The van der Waals surface area contributed by atoms with Crippen LogP contribution in [0.1, 0.15) is 35.5 Å². The molecule has 4 nitrogen and oxygen atoms in total. The zero-order valence-corrected chi connectivity index (χ0v) is 15.0. The second-order valence-electron chi connectivity index (χ2n) is 6.38. The molecular weight excluding hydrogens is 337 g/mol. The highest BCUT2D eigenvalue weighted by atomic mass is 32.1. The van der Waals surface area contributed by atoms with E-state index in [0.29, 0.717) is 23.3 Å². The van der Waals surface area contributed by atoms with Gasteiger partial charge in [-0.15, -0.1) is 11.3 Å². The third kappa shape index (κ3) is 4.54. The minimum atomic E-state index is -0.277. The second-order valence-corrected chi connectivity index (χ2v) is 7.28. The van der Waals surface area contributed by atoms with Crippen molar-refractivity contribution in [2.45, 2.75) is 26.8 Å². The van der Waals surface area contributed by atoms with E-state index >= 15 is 0 Å². The summed E-state index contributed by atoms with van der Waals surface area (Å²) in [4.78, 5) is 16.7. The molecule has 0 unspecified atom stereocenters. The molecule has 130 valence electrons. The zero-order chi connectivity index (χ0) is 17.8. The van der Waals surface area contributed by atoms with Gasteiger partial charge in [0.2, 0.25) is 0 Å². The van der Waals surface area contributed by atoms with E-state index in [2.05, 4.69) is 24.1 Å². The SMILES string of the molecule is CC(C)Cc1cc(C(=O)Nc2nccs2)n(Cc2cccc(F)c2)c1. The van der Waals surface area contributed by atoms with Crippen LogP contribution in [0.2, 0.25) is 0 Å². The van der Waals surface area contributed by atoms with Crippen LogP contribution < -0.4 is 5.32 Å². The largest absolute Gasteiger partial charge is 0.339 e. The van der Waals surface area contributed by atoms with Gasteiger partial charge in [-0.05, 0) is 41.7 Å². The van der Waals surface area contributed by atoms with E-state index in [0.717, 1.165) is 17.5 Å². The Hall–Kier alpha value is -2.47. The van der Waals surface area contributed by atoms with Crippen molar-refractivity contribution in [3.05, 3.63) is 70.7 Å². The number of carbonyl (C=O) groups is 1. The summed E-state index contributed by atoms with van der Waals surface area (Å²) >= 11 is 1.37. The average molecular weight is 357 g/mol. The molecule has 3 rings (SSSR count). The van der Waals surface area contributed by atoms with Crippen molar-refractivity contribution >= 4 is 22.4 Å². The zero-order valence-electron chi connectivity index (χ0n) is 14.2. The molecule has 2 heterocycles. The van der Waals surface area contributed by atoms with Gasteiger partial charge < -0.3 is 4.57 Å². The summed E-state index contributed by atoms with van der Waals surface area (Å²) in [6.07, 6.45) is 4.51. The van der Waals surface area contributed by atoms with Crippen LogP contribution in [0, 0.1) is 11.7 Å². The van der Waals surface area contributed by atoms with E-state index in [1.54, 1.807) is 12.3 Å². The average Bonchev–Trinajstić information content (AvgIpc) is 3.17. The summed E-state index contributed by atoms with van der Waals surface area (Å²) < 4.78 is 15.3. The fourth-order valence-electron chi connectivity index (χ4n) is 2.75. The standard InChI is InChI=1S/C19H20FN3OS/c1-13(2)8-15-10-17(18(24)22-19-21-6-7-25-19)23(12-15)11-14-4-3-5-16(20)9-14/h3-7,9-10,12-13H,8,11H2,1-2H3,(H,21,22,24). The molecular formula is C19H20FN3OS. The molecule has 0 bridgehead atoms. The van der Waals surface area contributed by atoms with Crippen LogP contribution >= 0.6 is 11.3 Å². The molecule has 0 saturated carbocycles. The number of aromatic nitrogens is 2. The van der Waals surface area contributed by atoms with Crippen molar-refractivity contribution in [3.8, 4) is 0 Å². The Labute approximate surface area is 150 Å². The summed E-state index contributed by atoms with van der Waals surface area (Å²) in [6, 6.07) is 8.35. The molecule has 1 N–H and O–H groups in total. The Morgan fingerprint density at radius 1 is 1.32 bits per heavy atom. The van der Waals surface area contributed by atoms with Crippen LogP contribution in [0.4, 0.5) is 9.52 Å². The number of hydrogen-bond donors (Lipinski definition) is 1. The fraction of sp³-hybridized carbons (Fsp3) is 0.263. The number of rotatable bonds is 6. The lowest BCUT2D eigenvalue weighted by atomic mass is 10.1. The number of benzene rings is 1. The summed E-state index contributed by atoms with van der Waals surface area (Å²) in [7, 11) is 0. The van der Waals surface area contributed by atoms with Crippen LogP contribution in [-0.2, 0) is 13.0 Å². The molecule has 0 spiro atoms. The van der Waals surface area contributed by atoms with Gasteiger partial charge in [-0.25, -0.2) is 9.37 Å². The van der Waals surface area contributed by atoms with Crippen LogP contribution in [0.15, 0.2) is 48.1 Å². The summed E-state index contributed by atoms with van der Waals surface area (Å²) in [6.45, 7) is 4.72. The highest BCUT2D eigenvalue weighted by molar-refractivity contribution is 7.13. The topological polar surface area (TPSA) is 46.9 Å². The van der Waals surface area contributed by atoms with E-state index in [-0.39, 0.29) is 11.7 Å². The Bertz CT molecular complexity index is 855. The minimum Gasteiger partial charge on any atom is -0.339 e. The van der Waals surface area contributed by atoms with E-state index in [4.69, 9.17) is 0 Å². The van der Waals surface area contributed by atoms with E-state index in [1.165, 1.54) is 23.5 Å². The van der Waals surface area contributed by atoms with Crippen LogP contribution in [0.5, 0.6) is 0 Å². The third-order valence-corrected chi connectivity index (χ3v) is 4.41. The number of thiazole rings is 1. The highest BCUT2D eigenvalue weighted by Crippen LogP contribution is 2.18. The van der Waals surface area contributed by atoms with Gasteiger partial charge in [0.25, 0.3) is 5.91 Å². The first-order valence-electron chi connectivity index (χ1n) is 8.15. The van der Waals surface area contributed by atoms with Gasteiger partial charge in [-0.2, -0.15) is 0 Å². The maximum absolute atomic E-state index is 13.5. The van der Waals surface area contributed by atoms with Crippen molar-refractivity contribution in [2.75, 3.05) is 5.32 Å². The molecule has 25 heavy (non-hydrogen) atoms. The first-order chi connectivity index (χ1) is 12.0. The van der Waals surface area contributed by atoms with Crippen molar-refractivity contribution in [2.24, 2.45) is 5.92 Å². The number of nitrogens with zero attached hydrogens (tertiary/aromatic N) is 2. The van der Waals surface area contributed by atoms with Gasteiger partial charge in [0, 0.05) is 24.3 Å². The Kier molecular flexibility index (Phi) is 5.28. The maximum Gasteiger partial charge on any atom is 0.274 e. The van der Waals surface area contributed by atoms with Crippen LogP contribution in [-0.4, -0.2) is 15.5 Å². The number of anilines is 1.